The Morgan fingerprint density at radius 2 is 1.41 bits per heavy atom. The van der Waals surface area contributed by atoms with Crippen molar-refractivity contribution >= 4 is 23.4 Å². The molecule has 1 heterocycles. The second-order valence-electron chi connectivity index (χ2n) is 7.29. The molecule has 0 saturated heterocycles. The van der Waals surface area contributed by atoms with Gasteiger partial charge in [-0.1, -0.05) is 60.7 Å². The van der Waals surface area contributed by atoms with Gasteiger partial charge in [-0.3, -0.25) is 0 Å². The molecule has 0 fully saturated rings. The first-order chi connectivity index (χ1) is 16.6. The zero-order valence-electron chi connectivity index (χ0n) is 18.8. The standard InChI is InChI=1S/C27H23N3O4/c1-3-34-27(32)23-22(18-10-6-4-7-11-18)24(19-12-8-5-9-13-19)29-30-25(23)28-21-16-14-20(15-17-21)26(31)33-2/h4-17H,3H2,1-2H3,(H,28,30). The van der Waals surface area contributed by atoms with Crippen molar-refractivity contribution in [3.63, 3.8) is 0 Å². The molecule has 0 aliphatic heterocycles. The minimum Gasteiger partial charge on any atom is -0.465 e. The highest BCUT2D eigenvalue weighted by Crippen LogP contribution is 2.37. The molecule has 0 bridgehead atoms. The van der Waals surface area contributed by atoms with Crippen LogP contribution in [0.25, 0.3) is 22.4 Å². The Labute approximate surface area is 197 Å². The van der Waals surface area contributed by atoms with Crippen LogP contribution in [0, 0.1) is 0 Å². The van der Waals surface area contributed by atoms with Crippen molar-refractivity contribution in [3.05, 3.63) is 96.1 Å². The fourth-order valence-corrected chi connectivity index (χ4v) is 3.55. The number of nitrogens with zero attached hydrogens (tertiary/aromatic N) is 2. The van der Waals surface area contributed by atoms with E-state index in [0.29, 0.717) is 22.5 Å². The fourth-order valence-electron chi connectivity index (χ4n) is 3.55. The molecule has 0 saturated carbocycles. The molecule has 0 aliphatic rings. The summed E-state index contributed by atoms with van der Waals surface area (Å²) in [7, 11) is 1.33. The first-order valence-corrected chi connectivity index (χ1v) is 10.8. The van der Waals surface area contributed by atoms with E-state index in [1.165, 1.54) is 7.11 Å². The van der Waals surface area contributed by atoms with E-state index in [9.17, 15) is 9.59 Å². The van der Waals surface area contributed by atoms with Crippen LogP contribution in [0.3, 0.4) is 0 Å². The fraction of sp³-hybridized carbons (Fsp3) is 0.111. The summed E-state index contributed by atoms with van der Waals surface area (Å²) in [6.07, 6.45) is 0. The lowest BCUT2D eigenvalue weighted by molar-refractivity contribution is 0.0527. The zero-order chi connectivity index (χ0) is 23.9. The third kappa shape index (κ3) is 4.78. The van der Waals surface area contributed by atoms with Crippen LogP contribution in [0.5, 0.6) is 0 Å². The summed E-state index contributed by atoms with van der Waals surface area (Å²) in [5, 5.41) is 12.0. The van der Waals surface area contributed by atoms with E-state index in [1.807, 2.05) is 60.7 Å². The molecule has 0 unspecified atom stereocenters. The van der Waals surface area contributed by atoms with Gasteiger partial charge in [0, 0.05) is 16.8 Å². The van der Waals surface area contributed by atoms with Crippen molar-refractivity contribution in [2.75, 3.05) is 19.0 Å². The lowest BCUT2D eigenvalue weighted by atomic mass is 9.95. The Balaban J connectivity index is 1.88. The summed E-state index contributed by atoms with van der Waals surface area (Å²) >= 11 is 0. The van der Waals surface area contributed by atoms with Crippen LogP contribution >= 0.6 is 0 Å². The molecule has 4 aromatic rings. The number of anilines is 2. The van der Waals surface area contributed by atoms with Crippen molar-refractivity contribution < 1.29 is 19.1 Å². The SMILES string of the molecule is CCOC(=O)c1c(Nc2ccc(C(=O)OC)cc2)nnc(-c2ccccc2)c1-c1ccccc1. The van der Waals surface area contributed by atoms with E-state index in [-0.39, 0.29) is 18.0 Å². The smallest absolute Gasteiger partial charge is 0.342 e. The van der Waals surface area contributed by atoms with Gasteiger partial charge in [-0.15, -0.1) is 10.2 Å². The maximum absolute atomic E-state index is 13.2. The Morgan fingerprint density at radius 3 is 2.00 bits per heavy atom. The average Bonchev–Trinajstić information content (AvgIpc) is 2.89. The summed E-state index contributed by atoms with van der Waals surface area (Å²) in [4.78, 5) is 25.0. The molecular formula is C27H23N3O4. The molecule has 4 rings (SSSR count). The van der Waals surface area contributed by atoms with Gasteiger partial charge < -0.3 is 14.8 Å². The topological polar surface area (TPSA) is 90.4 Å². The van der Waals surface area contributed by atoms with Gasteiger partial charge in [0.05, 0.1) is 19.3 Å². The number of esters is 2. The first-order valence-electron chi connectivity index (χ1n) is 10.8. The molecule has 0 amide bonds. The summed E-state index contributed by atoms with van der Waals surface area (Å²) in [5.41, 5.74) is 4.14. The molecule has 7 nitrogen and oxygen atoms in total. The Hall–Kier alpha value is -4.52. The number of hydrogen-bond donors (Lipinski definition) is 1. The minimum absolute atomic E-state index is 0.212. The average molecular weight is 453 g/mol. The second-order valence-corrected chi connectivity index (χ2v) is 7.29. The van der Waals surface area contributed by atoms with Crippen LogP contribution in [0.2, 0.25) is 0 Å². The summed E-state index contributed by atoms with van der Waals surface area (Å²) < 4.78 is 10.2. The van der Waals surface area contributed by atoms with Crippen LogP contribution in [-0.2, 0) is 9.47 Å². The lowest BCUT2D eigenvalue weighted by Gasteiger charge is -2.17. The maximum Gasteiger partial charge on any atom is 0.342 e. The third-order valence-corrected chi connectivity index (χ3v) is 5.13. The van der Waals surface area contributed by atoms with Gasteiger partial charge in [0.25, 0.3) is 0 Å². The van der Waals surface area contributed by atoms with Gasteiger partial charge in [-0.05, 0) is 36.8 Å². The highest BCUT2D eigenvalue weighted by molar-refractivity contribution is 6.05. The van der Waals surface area contributed by atoms with E-state index >= 15 is 0 Å². The van der Waals surface area contributed by atoms with Crippen LogP contribution < -0.4 is 5.32 Å². The lowest BCUT2D eigenvalue weighted by Crippen LogP contribution is -2.14. The number of carbonyl (C=O) groups excluding carboxylic acids is 2. The van der Waals surface area contributed by atoms with E-state index in [0.717, 1.165) is 11.1 Å². The number of methoxy groups -OCH3 is 1. The van der Waals surface area contributed by atoms with Crippen molar-refractivity contribution in [3.8, 4) is 22.4 Å². The predicted molar refractivity (Wildman–Crippen MR) is 130 cm³/mol. The number of hydrogen-bond acceptors (Lipinski definition) is 7. The van der Waals surface area contributed by atoms with E-state index in [1.54, 1.807) is 31.2 Å². The van der Waals surface area contributed by atoms with Crippen molar-refractivity contribution in [1.29, 1.82) is 0 Å². The van der Waals surface area contributed by atoms with Crippen molar-refractivity contribution in [2.45, 2.75) is 6.92 Å². The van der Waals surface area contributed by atoms with Crippen LogP contribution in [0.4, 0.5) is 11.5 Å². The molecule has 7 heteroatoms. The largest absolute Gasteiger partial charge is 0.465 e. The minimum atomic E-state index is -0.512. The van der Waals surface area contributed by atoms with Crippen molar-refractivity contribution in [2.24, 2.45) is 0 Å². The Bertz CT molecular complexity index is 1290. The van der Waals surface area contributed by atoms with Gasteiger partial charge >= 0.3 is 11.9 Å². The normalized spacial score (nSPS) is 10.4. The number of ether oxygens (including phenoxy) is 2. The van der Waals surface area contributed by atoms with Crippen LogP contribution in [-0.4, -0.2) is 35.9 Å². The first kappa shape index (κ1) is 22.7. The summed E-state index contributed by atoms with van der Waals surface area (Å²) in [6.45, 7) is 1.97. The van der Waals surface area contributed by atoms with Gasteiger partial charge in [0.15, 0.2) is 5.82 Å². The van der Waals surface area contributed by atoms with Crippen molar-refractivity contribution in [1.82, 2.24) is 10.2 Å². The number of rotatable bonds is 7. The number of benzene rings is 3. The third-order valence-electron chi connectivity index (χ3n) is 5.13. The molecule has 1 aromatic heterocycles. The molecule has 0 atom stereocenters. The van der Waals surface area contributed by atoms with E-state index in [2.05, 4.69) is 15.5 Å². The van der Waals surface area contributed by atoms with E-state index < -0.39 is 11.9 Å². The number of carbonyl (C=O) groups is 2. The zero-order valence-corrected chi connectivity index (χ0v) is 18.8. The molecular weight excluding hydrogens is 430 g/mol. The van der Waals surface area contributed by atoms with Gasteiger partial charge in [0.1, 0.15) is 11.3 Å². The second kappa shape index (κ2) is 10.4. The predicted octanol–water partition coefficient (Wildman–Crippen LogP) is 5.52. The van der Waals surface area contributed by atoms with Gasteiger partial charge in [-0.2, -0.15) is 0 Å². The Kier molecular flexibility index (Phi) is 6.93. The highest BCUT2D eigenvalue weighted by Gasteiger charge is 2.25. The number of nitrogens with one attached hydrogen (secondary N) is 1. The van der Waals surface area contributed by atoms with E-state index in [4.69, 9.17) is 9.47 Å². The molecule has 34 heavy (non-hydrogen) atoms. The molecule has 170 valence electrons. The van der Waals surface area contributed by atoms with Gasteiger partial charge in [0.2, 0.25) is 0 Å². The van der Waals surface area contributed by atoms with Crippen LogP contribution in [0.1, 0.15) is 27.6 Å². The Morgan fingerprint density at radius 1 is 0.794 bits per heavy atom. The molecule has 0 spiro atoms. The molecule has 1 N–H and O–H groups in total. The summed E-state index contributed by atoms with van der Waals surface area (Å²) in [5.74, 6) is -0.693. The van der Waals surface area contributed by atoms with Gasteiger partial charge in [-0.25, -0.2) is 9.59 Å². The number of aromatic nitrogens is 2. The molecule has 3 aromatic carbocycles. The van der Waals surface area contributed by atoms with Crippen LogP contribution in [0.15, 0.2) is 84.9 Å². The highest BCUT2D eigenvalue weighted by atomic mass is 16.5. The molecule has 0 radical (unpaired) electrons. The maximum atomic E-state index is 13.2. The molecule has 0 aliphatic carbocycles. The monoisotopic (exact) mass is 453 g/mol. The summed E-state index contributed by atoms with van der Waals surface area (Å²) in [6, 6.07) is 25.8. The quantitative estimate of drug-likeness (QED) is 0.369.